The first kappa shape index (κ1) is 12.5. The highest BCUT2D eigenvalue weighted by molar-refractivity contribution is 7.09. The van der Waals surface area contributed by atoms with Crippen molar-refractivity contribution in [3.8, 4) is 17.5 Å². The molecule has 0 bridgehead atoms. The summed E-state index contributed by atoms with van der Waals surface area (Å²) in [6.45, 7) is 4.85. The monoisotopic (exact) mass is 258 g/mol. The van der Waals surface area contributed by atoms with Gasteiger partial charge in [-0.05, 0) is 25.5 Å². The fourth-order valence-electron chi connectivity index (χ4n) is 1.55. The summed E-state index contributed by atoms with van der Waals surface area (Å²) in [5.41, 5.74) is 2.23. The van der Waals surface area contributed by atoms with Crippen LogP contribution in [-0.2, 0) is 0 Å². The fourth-order valence-corrected chi connectivity index (χ4v) is 2.16. The van der Waals surface area contributed by atoms with Gasteiger partial charge in [0.15, 0.2) is 0 Å². The van der Waals surface area contributed by atoms with E-state index in [1.807, 2.05) is 18.4 Å². The van der Waals surface area contributed by atoms with Gasteiger partial charge in [-0.2, -0.15) is 5.26 Å². The molecule has 0 radical (unpaired) electrons. The summed E-state index contributed by atoms with van der Waals surface area (Å²) in [6, 6.07) is 5.77. The highest BCUT2D eigenvalue weighted by atomic mass is 32.1. The summed E-state index contributed by atoms with van der Waals surface area (Å²) in [5, 5.41) is 15.2. The molecular formula is C13H14N4S. The quantitative estimate of drug-likeness (QED) is 0.914. The van der Waals surface area contributed by atoms with Crippen molar-refractivity contribution < 1.29 is 0 Å². The van der Waals surface area contributed by atoms with Crippen LogP contribution in [0.15, 0.2) is 17.5 Å². The molecule has 0 aromatic carbocycles. The normalized spacial score (nSPS) is 10.1. The van der Waals surface area contributed by atoms with E-state index < -0.39 is 0 Å². The lowest BCUT2D eigenvalue weighted by Gasteiger charge is -2.07. The van der Waals surface area contributed by atoms with Crippen LogP contribution < -0.4 is 5.32 Å². The Morgan fingerprint density at radius 1 is 1.33 bits per heavy atom. The molecule has 5 heteroatoms. The number of nitriles is 1. The number of rotatable bonds is 4. The van der Waals surface area contributed by atoms with Crippen molar-refractivity contribution in [2.45, 2.75) is 20.3 Å². The van der Waals surface area contributed by atoms with Gasteiger partial charge in [0.2, 0.25) is 0 Å². The Kier molecular flexibility index (Phi) is 3.90. The van der Waals surface area contributed by atoms with Crippen molar-refractivity contribution in [1.82, 2.24) is 9.97 Å². The zero-order chi connectivity index (χ0) is 13.0. The first-order valence-corrected chi connectivity index (χ1v) is 6.70. The third kappa shape index (κ3) is 2.66. The second-order valence-corrected chi connectivity index (χ2v) is 4.95. The summed E-state index contributed by atoms with van der Waals surface area (Å²) in [4.78, 5) is 8.88. The molecule has 0 aliphatic heterocycles. The fraction of sp³-hybridized carbons (Fsp3) is 0.308. The van der Waals surface area contributed by atoms with E-state index in [2.05, 4.69) is 28.3 Å². The Balaban J connectivity index is 2.36. The zero-order valence-corrected chi connectivity index (χ0v) is 11.2. The largest absolute Gasteiger partial charge is 0.369 e. The minimum Gasteiger partial charge on any atom is -0.369 e. The van der Waals surface area contributed by atoms with Gasteiger partial charge in [0.25, 0.3) is 0 Å². The van der Waals surface area contributed by atoms with Crippen LogP contribution in [0.25, 0.3) is 11.4 Å². The maximum Gasteiger partial charge on any atom is 0.144 e. The molecule has 2 heterocycles. The first-order chi connectivity index (χ1) is 8.74. The molecule has 0 aliphatic rings. The maximum absolute atomic E-state index is 9.04. The topological polar surface area (TPSA) is 61.6 Å². The van der Waals surface area contributed by atoms with Gasteiger partial charge in [0.05, 0.1) is 22.0 Å². The van der Waals surface area contributed by atoms with Gasteiger partial charge in [-0.1, -0.05) is 6.92 Å². The van der Waals surface area contributed by atoms with Gasteiger partial charge < -0.3 is 5.32 Å². The number of anilines is 1. The molecule has 0 saturated heterocycles. The van der Waals surface area contributed by atoms with Crippen molar-refractivity contribution in [3.05, 3.63) is 28.1 Å². The van der Waals surface area contributed by atoms with E-state index in [1.165, 1.54) is 0 Å². The summed E-state index contributed by atoms with van der Waals surface area (Å²) >= 11 is 1.60. The average molecular weight is 258 g/mol. The number of hydrogen-bond acceptors (Lipinski definition) is 5. The number of aryl methyl sites for hydroxylation is 1. The lowest BCUT2D eigenvalue weighted by Crippen LogP contribution is -2.04. The number of thiazole rings is 1. The molecule has 0 spiro atoms. The van der Waals surface area contributed by atoms with Crippen molar-refractivity contribution >= 4 is 17.2 Å². The molecule has 0 saturated carbocycles. The van der Waals surface area contributed by atoms with E-state index in [1.54, 1.807) is 17.4 Å². The van der Waals surface area contributed by atoms with E-state index in [9.17, 15) is 0 Å². The van der Waals surface area contributed by atoms with Gasteiger partial charge in [-0.3, -0.25) is 0 Å². The molecule has 2 aromatic heterocycles. The smallest absolute Gasteiger partial charge is 0.144 e. The Morgan fingerprint density at radius 2 is 2.17 bits per heavy atom. The van der Waals surface area contributed by atoms with Crippen LogP contribution in [0, 0.1) is 18.3 Å². The van der Waals surface area contributed by atoms with Crippen LogP contribution in [-0.4, -0.2) is 16.5 Å². The van der Waals surface area contributed by atoms with Crippen molar-refractivity contribution in [2.24, 2.45) is 0 Å². The van der Waals surface area contributed by atoms with E-state index in [4.69, 9.17) is 5.26 Å². The molecule has 0 fully saturated rings. The second-order valence-electron chi connectivity index (χ2n) is 3.88. The Hall–Kier alpha value is -1.93. The van der Waals surface area contributed by atoms with Crippen LogP contribution in [0.3, 0.4) is 0 Å². The van der Waals surface area contributed by atoms with Crippen molar-refractivity contribution in [2.75, 3.05) is 11.9 Å². The molecule has 1 N–H and O–H groups in total. The summed E-state index contributed by atoms with van der Waals surface area (Å²) in [7, 11) is 0. The minimum absolute atomic E-state index is 0.569. The van der Waals surface area contributed by atoms with E-state index in [-0.39, 0.29) is 0 Å². The highest BCUT2D eigenvalue weighted by Gasteiger charge is 2.08. The summed E-state index contributed by atoms with van der Waals surface area (Å²) in [6.07, 6.45) is 0.993. The molecule has 4 nitrogen and oxygen atoms in total. The van der Waals surface area contributed by atoms with Gasteiger partial charge in [-0.15, -0.1) is 11.3 Å². The number of pyridine rings is 1. The Labute approximate surface area is 110 Å². The zero-order valence-electron chi connectivity index (χ0n) is 10.4. The third-order valence-electron chi connectivity index (χ3n) is 2.44. The van der Waals surface area contributed by atoms with Gasteiger partial charge in [0.1, 0.15) is 11.9 Å². The molecule has 0 aliphatic carbocycles. The summed E-state index contributed by atoms with van der Waals surface area (Å²) in [5.74, 6) is 0.641. The molecule has 18 heavy (non-hydrogen) atoms. The molecule has 0 unspecified atom stereocenters. The Bertz CT molecular complexity index is 583. The van der Waals surface area contributed by atoms with Crippen LogP contribution in [0.2, 0.25) is 0 Å². The Morgan fingerprint density at radius 3 is 2.78 bits per heavy atom. The molecule has 2 rings (SSSR count). The van der Waals surface area contributed by atoms with Crippen LogP contribution in [0.5, 0.6) is 0 Å². The predicted molar refractivity (Wildman–Crippen MR) is 73.6 cm³/mol. The molecule has 2 aromatic rings. The van der Waals surface area contributed by atoms with Crippen molar-refractivity contribution in [3.63, 3.8) is 0 Å². The van der Waals surface area contributed by atoms with Gasteiger partial charge in [0, 0.05) is 11.9 Å². The number of nitrogens with zero attached hydrogens (tertiary/aromatic N) is 3. The number of nitrogens with one attached hydrogen (secondary N) is 1. The molecule has 0 amide bonds. The maximum atomic E-state index is 9.04. The van der Waals surface area contributed by atoms with E-state index in [0.717, 1.165) is 29.4 Å². The first-order valence-electron chi connectivity index (χ1n) is 5.82. The van der Waals surface area contributed by atoms with Crippen LogP contribution >= 0.6 is 11.3 Å². The SMILES string of the molecule is CCCNc1nc(-c2csc(C)n2)ccc1C#N. The molecular weight excluding hydrogens is 244 g/mol. The van der Waals surface area contributed by atoms with E-state index in [0.29, 0.717) is 11.4 Å². The summed E-state index contributed by atoms with van der Waals surface area (Å²) < 4.78 is 0. The lowest BCUT2D eigenvalue weighted by atomic mass is 10.2. The van der Waals surface area contributed by atoms with Crippen molar-refractivity contribution in [1.29, 1.82) is 5.26 Å². The lowest BCUT2D eigenvalue weighted by molar-refractivity contribution is 0.968. The van der Waals surface area contributed by atoms with E-state index >= 15 is 0 Å². The molecule has 0 atom stereocenters. The molecule has 92 valence electrons. The standard InChI is InChI=1S/C13H14N4S/c1-3-6-15-13-10(7-14)4-5-11(17-13)12-8-18-9(2)16-12/h4-5,8H,3,6H2,1-2H3,(H,15,17). The van der Waals surface area contributed by atoms with Gasteiger partial charge >= 0.3 is 0 Å². The van der Waals surface area contributed by atoms with Gasteiger partial charge in [-0.25, -0.2) is 9.97 Å². The minimum atomic E-state index is 0.569. The number of aromatic nitrogens is 2. The van der Waals surface area contributed by atoms with Crippen LogP contribution in [0.1, 0.15) is 23.9 Å². The third-order valence-corrected chi connectivity index (χ3v) is 3.21. The van der Waals surface area contributed by atoms with Crippen LogP contribution in [0.4, 0.5) is 5.82 Å². The second kappa shape index (κ2) is 5.61. The predicted octanol–water partition coefficient (Wildman–Crippen LogP) is 3.21. The average Bonchev–Trinajstić information content (AvgIpc) is 2.82. The number of hydrogen-bond donors (Lipinski definition) is 1. The highest BCUT2D eigenvalue weighted by Crippen LogP contribution is 2.23.